The molecule has 0 fully saturated rings. The van der Waals surface area contributed by atoms with E-state index in [2.05, 4.69) is 30.9 Å². The van der Waals surface area contributed by atoms with E-state index in [4.69, 9.17) is 0 Å². The minimum absolute atomic E-state index is 0. The molecule has 0 aromatic rings. The molecule has 0 amide bonds. The van der Waals surface area contributed by atoms with Gasteiger partial charge in [0.25, 0.3) is 0 Å². The zero-order valence-electron chi connectivity index (χ0n) is 8.58. The van der Waals surface area contributed by atoms with E-state index in [1.807, 2.05) is 0 Å². The van der Waals surface area contributed by atoms with Gasteiger partial charge in [-0.1, -0.05) is 39.5 Å². The van der Waals surface area contributed by atoms with Crippen molar-refractivity contribution < 1.29 is 8.98 Å². The van der Waals surface area contributed by atoms with Crippen LogP contribution in [-0.4, -0.2) is 29.9 Å². The van der Waals surface area contributed by atoms with Crippen molar-refractivity contribution in [1.82, 2.24) is 0 Å². The van der Waals surface area contributed by atoms with Crippen LogP contribution in [0.5, 0.6) is 0 Å². The Kier molecular flexibility index (Phi) is 14.2. The van der Waals surface area contributed by atoms with Crippen LogP contribution in [0.15, 0.2) is 0 Å². The van der Waals surface area contributed by atoms with E-state index in [9.17, 15) is 4.79 Å². The molecule has 0 radical (unpaired) electrons. The van der Waals surface area contributed by atoms with Crippen LogP contribution in [-0.2, 0) is 8.98 Å². The molecule has 2 nitrogen and oxygen atoms in total. The molecule has 0 bridgehead atoms. The molecule has 0 atom stereocenters. The number of unbranched alkanes of at least 4 members (excludes halogenated alkanes) is 2. The topological polar surface area (TPSA) is 26.3 Å². The van der Waals surface area contributed by atoms with Crippen LogP contribution in [0.25, 0.3) is 0 Å². The summed E-state index contributed by atoms with van der Waals surface area (Å²) < 4.78 is 4.46. The summed E-state index contributed by atoms with van der Waals surface area (Å²) in [4.78, 5) is 11.2. The van der Waals surface area contributed by atoms with Gasteiger partial charge in [0.05, 0.1) is 5.92 Å². The van der Waals surface area contributed by atoms with Crippen LogP contribution < -0.4 is 0 Å². The van der Waals surface area contributed by atoms with E-state index in [0.29, 0.717) is 0 Å². The molecular formula is C10H24O2SSn. The standard InChI is InChI=1S/C10H20O2S.Sn.4H/c1-3-5-7-9(8-6-4-2)10(11)12-13;;;;;/h9,13H,3-8H2,1-2H3;;;;;. The molecule has 4 heteroatoms. The van der Waals surface area contributed by atoms with Gasteiger partial charge >= 0.3 is 29.9 Å². The number of carbonyl (C=O) groups is 1. The quantitative estimate of drug-likeness (QED) is 0.439. The van der Waals surface area contributed by atoms with Crippen molar-refractivity contribution >= 4 is 42.8 Å². The zero-order chi connectivity index (χ0) is 10.1. The molecule has 0 saturated heterocycles. The Morgan fingerprint density at radius 1 is 1.21 bits per heavy atom. The first-order valence-electron chi connectivity index (χ1n) is 5.11. The number of hydrogen-bond acceptors (Lipinski definition) is 3. The zero-order valence-corrected chi connectivity index (χ0v) is 9.48. The molecule has 0 rings (SSSR count). The van der Waals surface area contributed by atoms with Gasteiger partial charge in [0.1, 0.15) is 0 Å². The van der Waals surface area contributed by atoms with Gasteiger partial charge in [-0.05, 0) is 12.8 Å². The number of rotatable bonds is 7. The van der Waals surface area contributed by atoms with Crippen LogP contribution >= 0.6 is 12.9 Å². The van der Waals surface area contributed by atoms with Gasteiger partial charge in [-0.2, -0.15) is 0 Å². The first kappa shape index (κ1) is 17.0. The number of hydrogen-bond donors (Lipinski definition) is 1. The third kappa shape index (κ3) is 7.97. The van der Waals surface area contributed by atoms with Gasteiger partial charge in [-0.15, -0.1) is 0 Å². The van der Waals surface area contributed by atoms with Crippen LogP contribution in [0.1, 0.15) is 52.4 Å². The Bertz CT molecular complexity index is 134. The molecule has 0 spiro atoms. The average molecular weight is 327 g/mol. The van der Waals surface area contributed by atoms with Gasteiger partial charge in [-0.3, -0.25) is 4.79 Å². The molecule has 0 N–H and O–H groups in total. The van der Waals surface area contributed by atoms with Crippen molar-refractivity contribution in [3.05, 3.63) is 0 Å². The average Bonchev–Trinajstić information content (AvgIpc) is 2.17. The maximum absolute atomic E-state index is 11.2. The van der Waals surface area contributed by atoms with Gasteiger partial charge < -0.3 is 4.18 Å². The minimum atomic E-state index is -0.162. The van der Waals surface area contributed by atoms with Gasteiger partial charge in [-0.25, -0.2) is 0 Å². The molecule has 0 aliphatic carbocycles. The van der Waals surface area contributed by atoms with E-state index in [1.54, 1.807) is 0 Å². The van der Waals surface area contributed by atoms with Gasteiger partial charge in [0.2, 0.25) is 0 Å². The number of carbonyl (C=O) groups excluding carboxylic acids is 1. The van der Waals surface area contributed by atoms with Crippen molar-refractivity contribution in [2.75, 3.05) is 0 Å². The molecule has 0 aromatic heterocycles. The van der Waals surface area contributed by atoms with Crippen LogP contribution in [0.4, 0.5) is 0 Å². The molecule has 0 aromatic carbocycles. The Morgan fingerprint density at radius 2 is 1.64 bits per heavy atom. The molecule has 0 saturated carbocycles. The Morgan fingerprint density at radius 3 is 1.93 bits per heavy atom. The summed E-state index contributed by atoms with van der Waals surface area (Å²) in [6, 6.07) is 0. The summed E-state index contributed by atoms with van der Waals surface area (Å²) in [5, 5.41) is 0. The van der Waals surface area contributed by atoms with Crippen molar-refractivity contribution in [3.63, 3.8) is 0 Å². The predicted octanol–water partition coefficient (Wildman–Crippen LogP) is 1.92. The summed E-state index contributed by atoms with van der Waals surface area (Å²) in [6.45, 7) is 4.26. The second-order valence-corrected chi connectivity index (χ2v) is 3.57. The molecule has 86 valence electrons. The maximum atomic E-state index is 11.2. The Hall–Kier alpha value is 0.619. The number of thiol groups is 1. The third-order valence-electron chi connectivity index (χ3n) is 2.24. The van der Waals surface area contributed by atoms with Gasteiger partial charge in [0, 0.05) is 12.9 Å². The second-order valence-electron chi connectivity index (χ2n) is 3.39. The van der Waals surface area contributed by atoms with Crippen LogP contribution in [0.3, 0.4) is 0 Å². The summed E-state index contributed by atoms with van der Waals surface area (Å²) in [6.07, 6.45) is 6.32. The molecular weight excluding hydrogens is 303 g/mol. The molecule has 14 heavy (non-hydrogen) atoms. The molecule has 0 aliphatic rings. The second kappa shape index (κ2) is 11.7. The normalized spacial score (nSPS) is 9.71. The Balaban J connectivity index is 0. The summed E-state index contributed by atoms with van der Waals surface area (Å²) in [7, 11) is 0. The monoisotopic (exact) mass is 328 g/mol. The van der Waals surface area contributed by atoms with E-state index >= 15 is 0 Å². The van der Waals surface area contributed by atoms with Crippen molar-refractivity contribution in [2.45, 2.75) is 52.4 Å². The SMILES string of the molecule is CCCCC(CCCC)C(=O)OS.[SnH4]. The first-order chi connectivity index (χ1) is 6.26. The Labute approximate surface area is 110 Å². The summed E-state index contributed by atoms with van der Waals surface area (Å²) >= 11 is 3.55. The van der Waals surface area contributed by atoms with Gasteiger partial charge in [0.15, 0.2) is 0 Å². The predicted molar refractivity (Wildman–Crippen MR) is 69.0 cm³/mol. The molecule has 0 aliphatic heterocycles. The third-order valence-corrected chi connectivity index (χ3v) is 2.42. The molecule has 0 heterocycles. The van der Waals surface area contributed by atoms with Crippen LogP contribution in [0, 0.1) is 5.92 Å². The van der Waals surface area contributed by atoms with E-state index < -0.39 is 0 Å². The van der Waals surface area contributed by atoms with E-state index in [1.165, 1.54) is 0 Å². The van der Waals surface area contributed by atoms with Crippen LogP contribution in [0.2, 0.25) is 0 Å². The van der Waals surface area contributed by atoms with E-state index in [0.717, 1.165) is 38.5 Å². The van der Waals surface area contributed by atoms with Crippen molar-refractivity contribution in [3.8, 4) is 0 Å². The summed E-state index contributed by atoms with van der Waals surface area (Å²) in [5.74, 6) is -0.0948. The van der Waals surface area contributed by atoms with Crippen molar-refractivity contribution in [2.24, 2.45) is 5.92 Å². The molecule has 0 unspecified atom stereocenters. The fourth-order valence-electron chi connectivity index (χ4n) is 1.36. The van der Waals surface area contributed by atoms with E-state index in [-0.39, 0.29) is 35.8 Å². The first-order valence-corrected chi connectivity index (χ1v) is 5.48. The van der Waals surface area contributed by atoms with Crippen molar-refractivity contribution in [1.29, 1.82) is 0 Å². The fraction of sp³-hybridized carbons (Fsp3) is 0.900. The fourth-order valence-corrected chi connectivity index (χ4v) is 1.50. The summed E-state index contributed by atoms with van der Waals surface area (Å²) in [5.41, 5.74) is 0.